The fourth-order valence-electron chi connectivity index (χ4n) is 2.23. The first-order valence-corrected chi connectivity index (χ1v) is 7.86. The van der Waals surface area contributed by atoms with Crippen LogP contribution >= 0.6 is 11.6 Å². The summed E-state index contributed by atoms with van der Waals surface area (Å²) in [4.78, 5) is 28.6. The highest BCUT2D eigenvalue weighted by Gasteiger charge is 2.23. The molecule has 6 nitrogen and oxygen atoms in total. The number of pyridine rings is 1. The second-order valence-corrected chi connectivity index (χ2v) is 5.80. The average Bonchev–Trinajstić information content (AvgIpc) is 2.54. The van der Waals surface area contributed by atoms with E-state index >= 15 is 0 Å². The van der Waals surface area contributed by atoms with Crippen LogP contribution in [0.5, 0.6) is 0 Å². The zero-order chi connectivity index (χ0) is 18.6. The van der Waals surface area contributed by atoms with Gasteiger partial charge >= 0.3 is 5.97 Å². The van der Waals surface area contributed by atoms with Crippen molar-refractivity contribution in [2.45, 2.75) is 26.9 Å². The van der Waals surface area contributed by atoms with Gasteiger partial charge in [0.25, 0.3) is 5.91 Å². The number of aryl methyl sites for hydroxylation is 2. The summed E-state index contributed by atoms with van der Waals surface area (Å²) in [6.07, 6.45) is -1.07. The highest BCUT2D eigenvalue weighted by molar-refractivity contribution is 6.32. The number of carbonyl (C=O) groups excluding carboxylic acids is 2. The summed E-state index contributed by atoms with van der Waals surface area (Å²) in [7, 11) is 0. The first-order valence-electron chi connectivity index (χ1n) is 7.48. The Morgan fingerprint density at radius 1 is 1.32 bits per heavy atom. The summed E-state index contributed by atoms with van der Waals surface area (Å²) in [6.45, 7) is 4.91. The van der Waals surface area contributed by atoms with E-state index in [1.807, 2.05) is 6.07 Å². The first kappa shape index (κ1) is 18.4. The summed E-state index contributed by atoms with van der Waals surface area (Å²) >= 11 is 6.01. The number of halogens is 1. The molecule has 0 saturated carbocycles. The fraction of sp³-hybridized carbons (Fsp3) is 0.222. The Bertz CT molecular complexity index is 851. The van der Waals surface area contributed by atoms with Crippen LogP contribution in [0.25, 0.3) is 0 Å². The van der Waals surface area contributed by atoms with Crippen molar-refractivity contribution in [3.63, 3.8) is 0 Å². The highest BCUT2D eigenvalue weighted by Crippen LogP contribution is 2.21. The molecule has 1 amide bonds. The van der Waals surface area contributed by atoms with Crippen molar-refractivity contribution in [1.29, 1.82) is 5.26 Å². The number of aromatic nitrogens is 1. The molecule has 1 aromatic carbocycles. The van der Waals surface area contributed by atoms with Crippen molar-refractivity contribution < 1.29 is 14.3 Å². The standard InChI is InChI=1S/C18H16ClN3O3/c1-10-8-11(2)21-16(19)15(10)18(24)25-12(3)17(23)22-14-7-5-4-6-13(14)9-20/h4-8,12H,1-3H3,(H,22,23)/t12-/m0/s1. The summed E-state index contributed by atoms with van der Waals surface area (Å²) in [5, 5.41) is 11.6. The number of hydrogen-bond donors (Lipinski definition) is 1. The third-order valence-electron chi connectivity index (χ3n) is 3.46. The van der Waals surface area contributed by atoms with Gasteiger partial charge in [0.2, 0.25) is 0 Å². The summed E-state index contributed by atoms with van der Waals surface area (Å²) in [5.74, 6) is -1.28. The monoisotopic (exact) mass is 357 g/mol. The number of nitrogens with zero attached hydrogens (tertiary/aromatic N) is 2. The largest absolute Gasteiger partial charge is 0.449 e. The van der Waals surface area contributed by atoms with Gasteiger partial charge in [-0.05, 0) is 44.5 Å². The van der Waals surface area contributed by atoms with E-state index in [-0.39, 0.29) is 10.7 Å². The van der Waals surface area contributed by atoms with Crippen LogP contribution in [-0.2, 0) is 9.53 Å². The predicted molar refractivity (Wildman–Crippen MR) is 93.4 cm³/mol. The lowest BCUT2D eigenvalue weighted by Gasteiger charge is -2.15. The van der Waals surface area contributed by atoms with Gasteiger partial charge in [-0.15, -0.1) is 0 Å². The number of benzene rings is 1. The average molecular weight is 358 g/mol. The van der Waals surface area contributed by atoms with Crippen LogP contribution in [0.2, 0.25) is 5.15 Å². The molecule has 0 aliphatic heterocycles. The molecule has 2 rings (SSSR count). The molecule has 1 N–H and O–H groups in total. The zero-order valence-corrected chi connectivity index (χ0v) is 14.7. The van der Waals surface area contributed by atoms with Crippen molar-refractivity contribution in [1.82, 2.24) is 4.98 Å². The van der Waals surface area contributed by atoms with Crippen LogP contribution in [-0.4, -0.2) is 23.0 Å². The normalized spacial score (nSPS) is 11.3. The minimum absolute atomic E-state index is 0.0323. The maximum atomic E-state index is 12.3. The van der Waals surface area contributed by atoms with Crippen molar-refractivity contribution in [3.05, 3.63) is 57.9 Å². The smallest absolute Gasteiger partial charge is 0.342 e. The SMILES string of the molecule is Cc1cc(C)c(C(=O)O[C@@H](C)C(=O)Nc2ccccc2C#N)c(Cl)n1. The second kappa shape index (κ2) is 7.77. The summed E-state index contributed by atoms with van der Waals surface area (Å²) in [6, 6.07) is 10.2. The molecule has 2 aromatic rings. The highest BCUT2D eigenvalue weighted by atomic mass is 35.5. The third-order valence-corrected chi connectivity index (χ3v) is 3.74. The first-order chi connectivity index (χ1) is 11.8. The Hall–Kier alpha value is -2.91. The van der Waals surface area contributed by atoms with Gasteiger partial charge in [-0.1, -0.05) is 23.7 Å². The molecule has 0 fully saturated rings. The van der Waals surface area contributed by atoms with Gasteiger partial charge in [-0.2, -0.15) is 5.26 Å². The van der Waals surface area contributed by atoms with E-state index in [2.05, 4.69) is 10.3 Å². The number of nitrogens with one attached hydrogen (secondary N) is 1. The number of carbonyl (C=O) groups is 2. The Balaban J connectivity index is 2.11. The fourth-order valence-corrected chi connectivity index (χ4v) is 2.59. The summed E-state index contributed by atoms with van der Waals surface area (Å²) in [5.41, 5.74) is 2.09. The van der Waals surface area contributed by atoms with Crippen LogP contribution in [0.1, 0.15) is 34.1 Å². The topological polar surface area (TPSA) is 92.1 Å². The molecule has 25 heavy (non-hydrogen) atoms. The number of nitriles is 1. The number of amides is 1. The molecule has 0 unspecified atom stereocenters. The molecule has 7 heteroatoms. The van der Waals surface area contributed by atoms with Crippen LogP contribution in [0, 0.1) is 25.2 Å². The molecule has 0 radical (unpaired) electrons. The van der Waals surface area contributed by atoms with E-state index in [0.29, 0.717) is 22.5 Å². The molecule has 0 spiro atoms. The molecule has 0 aliphatic rings. The third kappa shape index (κ3) is 4.34. The van der Waals surface area contributed by atoms with Crippen molar-refractivity contribution >= 4 is 29.2 Å². The molecule has 1 atom stereocenters. The molecule has 0 bridgehead atoms. The lowest BCUT2D eigenvalue weighted by molar-refractivity contribution is -0.123. The number of para-hydroxylation sites is 1. The van der Waals surface area contributed by atoms with Crippen molar-refractivity contribution in [2.24, 2.45) is 0 Å². The van der Waals surface area contributed by atoms with Gasteiger partial charge in [0.05, 0.1) is 16.8 Å². The van der Waals surface area contributed by atoms with Gasteiger partial charge in [-0.25, -0.2) is 9.78 Å². The maximum absolute atomic E-state index is 12.3. The van der Waals surface area contributed by atoms with E-state index < -0.39 is 18.0 Å². The number of hydrogen-bond acceptors (Lipinski definition) is 5. The maximum Gasteiger partial charge on any atom is 0.342 e. The molecule has 0 aliphatic carbocycles. The second-order valence-electron chi connectivity index (χ2n) is 5.44. The quantitative estimate of drug-likeness (QED) is 0.668. The van der Waals surface area contributed by atoms with Crippen LogP contribution < -0.4 is 5.32 Å². The molecular weight excluding hydrogens is 342 g/mol. The van der Waals surface area contributed by atoms with E-state index in [0.717, 1.165) is 0 Å². The summed E-state index contributed by atoms with van der Waals surface area (Å²) < 4.78 is 5.19. The number of ether oxygens (including phenoxy) is 1. The van der Waals surface area contributed by atoms with E-state index in [4.69, 9.17) is 21.6 Å². The minimum atomic E-state index is -1.07. The number of anilines is 1. The van der Waals surface area contributed by atoms with Gasteiger partial charge in [0.1, 0.15) is 11.2 Å². The van der Waals surface area contributed by atoms with Crippen LogP contribution in [0.3, 0.4) is 0 Å². The van der Waals surface area contributed by atoms with Gasteiger partial charge in [0.15, 0.2) is 6.10 Å². The Morgan fingerprint density at radius 2 is 2.00 bits per heavy atom. The van der Waals surface area contributed by atoms with E-state index in [9.17, 15) is 9.59 Å². The molecule has 1 heterocycles. The van der Waals surface area contributed by atoms with Gasteiger partial charge < -0.3 is 10.1 Å². The van der Waals surface area contributed by atoms with Crippen LogP contribution in [0.15, 0.2) is 30.3 Å². The van der Waals surface area contributed by atoms with Gasteiger partial charge in [-0.3, -0.25) is 4.79 Å². The minimum Gasteiger partial charge on any atom is -0.449 e. The van der Waals surface area contributed by atoms with Crippen LogP contribution in [0.4, 0.5) is 5.69 Å². The van der Waals surface area contributed by atoms with E-state index in [1.165, 1.54) is 6.92 Å². The van der Waals surface area contributed by atoms with Crippen molar-refractivity contribution in [3.8, 4) is 6.07 Å². The molecule has 128 valence electrons. The zero-order valence-electron chi connectivity index (χ0n) is 14.0. The Kier molecular flexibility index (Phi) is 5.73. The molecular formula is C18H16ClN3O3. The lowest BCUT2D eigenvalue weighted by Crippen LogP contribution is -2.30. The Labute approximate surface area is 150 Å². The number of rotatable bonds is 4. The van der Waals surface area contributed by atoms with Gasteiger partial charge in [0, 0.05) is 5.69 Å². The Morgan fingerprint density at radius 3 is 2.64 bits per heavy atom. The van der Waals surface area contributed by atoms with E-state index in [1.54, 1.807) is 44.2 Å². The van der Waals surface area contributed by atoms with Crippen molar-refractivity contribution in [2.75, 3.05) is 5.32 Å². The lowest BCUT2D eigenvalue weighted by atomic mass is 10.1. The predicted octanol–water partition coefficient (Wildman–Crippen LogP) is 3.41. The number of esters is 1. The molecule has 1 aromatic heterocycles. The molecule has 0 saturated heterocycles.